The number of amides is 2. The highest BCUT2D eigenvalue weighted by atomic mass is 32.1. The Morgan fingerprint density at radius 1 is 1.38 bits per heavy atom. The van der Waals surface area contributed by atoms with Crippen LogP contribution in [0.5, 0.6) is 0 Å². The molecule has 6 nitrogen and oxygen atoms in total. The van der Waals surface area contributed by atoms with E-state index in [9.17, 15) is 14.4 Å². The van der Waals surface area contributed by atoms with Crippen LogP contribution in [0.15, 0.2) is 6.07 Å². The number of hydrogen-bond acceptors (Lipinski definition) is 4. The summed E-state index contributed by atoms with van der Waals surface area (Å²) in [5.41, 5.74) is 0.413. The van der Waals surface area contributed by atoms with Gasteiger partial charge >= 0.3 is 5.97 Å². The lowest BCUT2D eigenvalue weighted by Gasteiger charge is -2.06. The molecule has 0 spiro atoms. The minimum Gasteiger partial charge on any atom is -0.481 e. The third-order valence-corrected chi connectivity index (χ3v) is 4.38. The molecule has 0 unspecified atom stereocenters. The number of thiophene rings is 1. The van der Waals surface area contributed by atoms with Crippen molar-refractivity contribution in [3.05, 3.63) is 16.5 Å². The summed E-state index contributed by atoms with van der Waals surface area (Å²) in [7, 11) is 0. The lowest BCUT2D eigenvalue weighted by molar-refractivity contribution is -0.136. The molecule has 21 heavy (non-hydrogen) atoms. The topological polar surface area (TPSA) is 95.5 Å². The molecular weight excluding hydrogens is 292 g/mol. The standard InChI is InChI=1S/C14H18N2O4S/c1-2-9-7-10(13(20)15-6-5-11(17)18)14(21-9)16-12(19)8-3-4-8/h7-8H,2-6H2,1H3,(H,15,20)(H,16,19)(H,17,18). The first-order valence-corrected chi connectivity index (χ1v) is 7.76. The van der Waals surface area contributed by atoms with E-state index in [0.29, 0.717) is 10.6 Å². The fourth-order valence-electron chi connectivity index (χ4n) is 1.82. The predicted octanol–water partition coefficient (Wildman–Crippen LogP) is 1.86. The number of carboxylic acids is 1. The number of carbonyl (C=O) groups is 3. The molecule has 0 atom stereocenters. The molecule has 7 heteroatoms. The lowest BCUT2D eigenvalue weighted by Crippen LogP contribution is -2.26. The molecule has 0 saturated heterocycles. The van der Waals surface area contributed by atoms with Crippen molar-refractivity contribution in [1.82, 2.24) is 5.32 Å². The van der Waals surface area contributed by atoms with Gasteiger partial charge in [0.25, 0.3) is 5.91 Å². The van der Waals surface area contributed by atoms with Crippen molar-refractivity contribution in [2.24, 2.45) is 5.92 Å². The van der Waals surface area contributed by atoms with Gasteiger partial charge in [-0.25, -0.2) is 0 Å². The maximum absolute atomic E-state index is 12.1. The summed E-state index contributed by atoms with van der Waals surface area (Å²) in [6.45, 7) is 2.05. The zero-order valence-electron chi connectivity index (χ0n) is 11.8. The Morgan fingerprint density at radius 2 is 2.10 bits per heavy atom. The van der Waals surface area contributed by atoms with Crippen LogP contribution >= 0.6 is 11.3 Å². The fourth-order valence-corrected chi connectivity index (χ4v) is 2.81. The summed E-state index contributed by atoms with van der Waals surface area (Å²) in [5.74, 6) is -1.28. The van der Waals surface area contributed by atoms with E-state index in [-0.39, 0.29) is 30.7 Å². The van der Waals surface area contributed by atoms with E-state index in [2.05, 4.69) is 10.6 Å². The van der Waals surface area contributed by atoms with Gasteiger partial charge in [0.1, 0.15) is 5.00 Å². The van der Waals surface area contributed by atoms with Gasteiger partial charge in [0.05, 0.1) is 12.0 Å². The maximum Gasteiger partial charge on any atom is 0.305 e. The lowest BCUT2D eigenvalue weighted by atomic mass is 10.2. The average molecular weight is 310 g/mol. The summed E-state index contributed by atoms with van der Waals surface area (Å²) in [6.07, 6.45) is 2.45. The van der Waals surface area contributed by atoms with Crippen LogP contribution in [-0.4, -0.2) is 29.4 Å². The summed E-state index contributed by atoms with van der Waals surface area (Å²) in [5, 5.41) is 14.5. The van der Waals surface area contributed by atoms with Crippen LogP contribution in [0.4, 0.5) is 5.00 Å². The third-order valence-electron chi connectivity index (χ3n) is 3.19. The minimum absolute atomic E-state index is 0.0425. The maximum atomic E-state index is 12.1. The Labute approximate surface area is 126 Å². The molecule has 0 aliphatic heterocycles. The summed E-state index contributed by atoms with van der Waals surface area (Å²) in [6, 6.07) is 1.75. The molecule has 1 aromatic heterocycles. The van der Waals surface area contributed by atoms with Gasteiger partial charge in [-0.2, -0.15) is 0 Å². The van der Waals surface area contributed by atoms with Gasteiger partial charge in [-0.3, -0.25) is 14.4 Å². The zero-order chi connectivity index (χ0) is 15.4. The van der Waals surface area contributed by atoms with Crippen molar-refractivity contribution >= 4 is 34.1 Å². The van der Waals surface area contributed by atoms with Crippen LogP contribution in [0.3, 0.4) is 0 Å². The normalized spacial score (nSPS) is 13.8. The molecule has 0 radical (unpaired) electrons. The molecule has 1 aromatic rings. The first kappa shape index (κ1) is 15.5. The van der Waals surface area contributed by atoms with Gasteiger partial charge in [0.2, 0.25) is 5.91 Å². The van der Waals surface area contributed by atoms with Crippen LogP contribution in [0.25, 0.3) is 0 Å². The smallest absolute Gasteiger partial charge is 0.305 e. The molecule has 3 N–H and O–H groups in total. The largest absolute Gasteiger partial charge is 0.481 e. The van der Waals surface area contributed by atoms with E-state index in [1.807, 2.05) is 6.92 Å². The van der Waals surface area contributed by atoms with E-state index >= 15 is 0 Å². The monoisotopic (exact) mass is 310 g/mol. The third kappa shape index (κ3) is 4.29. The molecule has 2 rings (SSSR count). The Bertz CT molecular complexity index is 563. The van der Waals surface area contributed by atoms with Gasteiger partial charge in [-0.1, -0.05) is 6.92 Å². The van der Waals surface area contributed by atoms with Crippen molar-refractivity contribution in [3.63, 3.8) is 0 Å². The molecule has 114 valence electrons. The Balaban J connectivity index is 2.05. The number of hydrogen-bond donors (Lipinski definition) is 3. The highest BCUT2D eigenvalue weighted by Crippen LogP contribution is 2.33. The Kier molecular flexibility index (Phi) is 4.95. The number of nitrogens with one attached hydrogen (secondary N) is 2. The summed E-state index contributed by atoms with van der Waals surface area (Å²) < 4.78 is 0. The minimum atomic E-state index is -0.961. The van der Waals surface area contributed by atoms with E-state index in [4.69, 9.17) is 5.11 Å². The zero-order valence-corrected chi connectivity index (χ0v) is 12.6. The van der Waals surface area contributed by atoms with Gasteiger partial charge in [-0.05, 0) is 25.3 Å². The number of rotatable bonds is 7. The number of carboxylic acid groups (broad SMARTS) is 1. The summed E-state index contributed by atoms with van der Waals surface area (Å²) in [4.78, 5) is 35.4. The number of carbonyl (C=O) groups excluding carboxylic acids is 2. The van der Waals surface area contributed by atoms with Crippen LogP contribution in [0.2, 0.25) is 0 Å². The summed E-state index contributed by atoms with van der Waals surface area (Å²) >= 11 is 1.39. The van der Waals surface area contributed by atoms with Gasteiger partial charge in [0.15, 0.2) is 0 Å². The molecular formula is C14H18N2O4S. The van der Waals surface area contributed by atoms with Crippen molar-refractivity contribution in [2.75, 3.05) is 11.9 Å². The molecule has 1 heterocycles. The molecule has 0 bridgehead atoms. The average Bonchev–Trinajstić information content (AvgIpc) is 3.20. The van der Waals surface area contributed by atoms with Crippen molar-refractivity contribution in [2.45, 2.75) is 32.6 Å². The fraction of sp³-hybridized carbons (Fsp3) is 0.500. The molecule has 1 fully saturated rings. The van der Waals surface area contributed by atoms with Crippen molar-refractivity contribution in [1.29, 1.82) is 0 Å². The molecule has 0 aromatic carbocycles. The van der Waals surface area contributed by atoms with Gasteiger partial charge < -0.3 is 15.7 Å². The molecule has 1 saturated carbocycles. The number of aryl methyl sites for hydroxylation is 1. The van der Waals surface area contributed by atoms with Crippen molar-refractivity contribution < 1.29 is 19.5 Å². The second-order valence-corrected chi connectivity index (χ2v) is 6.11. The van der Waals surface area contributed by atoms with Gasteiger partial charge in [-0.15, -0.1) is 11.3 Å². The van der Waals surface area contributed by atoms with E-state index in [1.165, 1.54) is 11.3 Å². The van der Waals surface area contributed by atoms with E-state index in [1.54, 1.807) is 6.07 Å². The van der Waals surface area contributed by atoms with Crippen LogP contribution < -0.4 is 10.6 Å². The highest BCUT2D eigenvalue weighted by molar-refractivity contribution is 7.16. The van der Waals surface area contributed by atoms with Gasteiger partial charge in [0, 0.05) is 17.3 Å². The first-order chi connectivity index (χ1) is 10.0. The quantitative estimate of drug-likeness (QED) is 0.716. The first-order valence-electron chi connectivity index (χ1n) is 6.94. The van der Waals surface area contributed by atoms with E-state index < -0.39 is 5.97 Å². The number of aliphatic carboxylic acids is 1. The molecule has 1 aliphatic rings. The van der Waals surface area contributed by atoms with Crippen LogP contribution in [0, 0.1) is 5.92 Å². The molecule has 2 amide bonds. The predicted molar refractivity (Wildman–Crippen MR) is 79.6 cm³/mol. The Morgan fingerprint density at radius 3 is 2.67 bits per heavy atom. The second kappa shape index (κ2) is 6.71. The highest BCUT2D eigenvalue weighted by Gasteiger charge is 2.30. The van der Waals surface area contributed by atoms with Crippen molar-refractivity contribution in [3.8, 4) is 0 Å². The molecule has 1 aliphatic carbocycles. The van der Waals surface area contributed by atoms with E-state index in [0.717, 1.165) is 24.1 Å². The second-order valence-electron chi connectivity index (χ2n) is 4.97. The Hall–Kier alpha value is -1.89. The van der Waals surface area contributed by atoms with Crippen LogP contribution in [-0.2, 0) is 16.0 Å². The SMILES string of the molecule is CCc1cc(C(=O)NCCC(=O)O)c(NC(=O)C2CC2)s1. The number of anilines is 1. The van der Waals surface area contributed by atoms with Crippen LogP contribution in [0.1, 0.15) is 41.4 Å².